The first-order valence-electron chi connectivity index (χ1n) is 8.19. The van der Waals surface area contributed by atoms with Gasteiger partial charge in [-0.15, -0.1) is 5.92 Å². The molecule has 1 aliphatic heterocycles. The van der Waals surface area contributed by atoms with E-state index in [-0.39, 0.29) is 13.0 Å². The van der Waals surface area contributed by atoms with Gasteiger partial charge >= 0.3 is 6.09 Å². The summed E-state index contributed by atoms with van der Waals surface area (Å²) in [5, 5.41) is 8.90. The van der Waals surface area contributed by atoms with Gasteiger partial charge < -0.3 is 4.74 Å². The van der Waals surface area contributed by atoms with Gasteiger partial charge in [-0.3, -0.25) is 14.9 Å². The SMILES string of the molecule is CC#Cc1ccc(N2C[C@H](C[C@](C)(C(=O)NO)S(C)(=O)=O)OC2=O)c(C)c1. The number of hydrogen-bond acceptors (Lipinski definition) is 6. The van der Waals surface area contributed by atoms with Crippen LogP contribution in [0.1, 0.15) is 31.4 Å². The lowest BCUT2D eigenvalue weighted by atomic mass is 10.0. The number of ether oxygens (including phenoxy) is 1. The zero-order valence-electron chi connectivity index (χ0n) is 15.6. The molecule has 0 unspecified atom stereocenters. The number of rotatable bonds is 5. The topological polar surface area (TPSA) is 113 Å². The highest BCUT2D eigenvalue weighted by molar-refractivity contribution is 7.92. The molecule has 2 N–H and O–H groups in total. The van der Waals surface area contributed by atoms with E-state index in [2.05, 4.69) is 11.8 Å². The first kappa shape index (κ1) is 20.7. The lowest BCUT2D eigenvalue weighted by Crippen LogP contribution is -2.51. The van der Waals surface area contributed by atoms with Crippen LogP contribution in [0.3, 0.4) is 0 Å². The van der Waals surface area contributed by atoms with Gasteiger partial charge in [-0.2, -0.15) is 0 Å². The number of hydrogen-bond donors (Lipinski definition) is 2. The summed E-state index contributed by atoms with van der Waals surface area (Å²) in [6.07, 6.45) is -0.838. The minimum absolute atomic E-state index is 0.0856. The van der Waals surface area contributed by atoms with Crippen molar-refractivity contribution in [2.45, 2.75) is 38.0 Å². The second kappa shape index (κ2) is 7.58. The lowest BCUT2D eigenvalue weighted by molar-refractivity contribution is -0.132. The molecule has 0 radical (unpaired) electrons. The molecule has 2 amide bonds. The Kier molecular flexibility index (Phi) is 5.82. The lowest BCUT2D eigenvalue weighted by Gasteiger charge is -2.27. The molecule has 0 spiro atoms. The van der Waals surface area contributed by atoms with Crippen LogP contribution in [0.25, 0.3) is 0 Å². The highest BCUT2D eigenvalue weighted by Crippen LogP contribution is 2.31. The Bertz CT molecular complexity index is 931. The molecule has 0 bridgehead atoms. The summed E-state index contributed by atoms with van der Waals surface area (Å²) in [6.45, 7) is 4.83. The quantitative estimate of drug-likeness (QED) is 0.443. The number of amides is 2. The van der Waals surface area contributed by atoms with E-state index in [1.165, 1.54) is 17.3 Å². The van der Waals surface area contributed by atoms with E-state index in [4.69, 9.17) is 9.94 Å². The van der Waals surface area contributed by atoms with Crippen molar-refractivity contribution in [1.29, 1.82) is 0 Å². The van der Waals surface area contributed by atoms with E-state index in [0.29, 0.717) is 5.69 Å². The van der Waals surface area contributed by atoms with Crippen LogP contribution >= 0.6 is 0 Å². The van der Waals surface area contributed by atoms with Gasteiger partial charge in [0.2, 0.25) is 0 Å². The molecular weight excluding hydrogens is 372 g/mol. The van der Waals surface area contributed by atoms with Crippen LogP contribution in [0.5, 0.6) is 0 Å². The van der Waals surface area contributed by atoms with Gasteiger partial charge in [-0.25, -0.2) is 18.7 Å². The second-order valence-corrected chi connectivity index (χ2v) is 9.09. The largest absolute Gasteiger partial charge is 0.444 e. The molecule has 1 aromatic carbocycles. The summed E-state index contributed by atoms with van der Waals surface area (Å²) in [6, 6.07) is 5.36. The third kappa shape index (κ3) is 4.07. The Balaban J connectivity index is 2.27. The van der Waals surface area contributed by atoms with Gasteiger partial charge in [0.1, 0.15) is 6.10 Å². The van der Waals surface area contributed by atoms with Crippen molar-refractivity contribution in [3.63, 3.8) is 0 Å². The van der Waals surface area contributed by atoms with Gasteiger partial charge in [0.25, 0.3) is 5.91 Å². The molecule has 1 fully saturated rings. The van der Waals surface area contributed by atoms with E-state index < -0.39 is 32.7 Å². The van der Waals surface area contributed by atoms with Gasteiger partial charge in [-0.1, -0.05) is 5.92 Å². The van der Waals surface area contributed by atoms with E-state index >= 15 is 0 Å². The minimum atomic E-state index is -3.88. The molecule has 146 valence electrons. The summed E-state index contributed by atoms with van der Waals surface area (Å²) >= 11 is 0. The molecule has 0 aliphatic carbocycles. The normalized spacial score (nSPS) is 18.9. The van der Waals surface area contributed by atoms with Crippen LogP contribution < -0.4 is 10.4 Å². The maximum atomic E-state index is 12.3. The molecule has 27 heavy (non-hydrogen) atoms. The van der Waals surface area contributed by atoms with Crippen molar-refractivity contribution in [3.8, 4) is 11.8 Å². The van der Waals surface area contributed by atoms with Crippen molar-refractivity contribution in [1.82, 2.24) is 5.48 Å². The smallest absolute Gasteiger partial charge is 0.414 e. The Morgan fingerprint density at radius 2 is 2.15 bits per heavy atom. The molecule has 0 saturated carbocycles. The Hall–Kier alpha value is -2.57. The summed E-state index contributed by atoms with van der Waals surface area (Å²) in [5.41, 5.74) is 3.63. The molecule has 1 aromatic rings. The van der Waals surface area contributed by atoms with Crippen LogP contribution in [0.4, 0.5) is 10.5 Å². The minimum Gasteiger partial charge on any atom is -0.444 e. The summed E-state index contributed by atoms with van der Waals surface area (Å²) in [4.78, 5) is 25.6. The molecule has 1 saturated heterocycles. The average molecular weight is 394 g/mol. The van der Waals surface area contributed by atoms with Crippen LogP contribution in [0.15, 0.2) is 18.2 Å². The monoisotopic (exact) mass is 394 g/mol. The maximum Gasteiger partial charge on any atom is 0.414 e. The predicted molar refractivity (Wildman–Crippen MR) is 99.1 cm³/mol. The Morgan fingerprint density at radius 1 is 1.48 bits per heavy atom. The summed E-state index contributed by atoms with van der Waals surface area (Å²) < 4.78 is 27.5. The van der Waals surface area contributed by atoms with Crippen molar-refractivity contribution >= 4 is 27.5 Å². The predicted octanol–water partition coefficient (Wildman–Crippen LogP) is 1.39. The van der Waals surface area contributed by atoms with Crippen LogP contribution in [0, 0.1) is 18.8 Å². The first-order chi connectivity index (χ1) is 12.5. The molecule has 2 rings (SSSR count). The first-order valence-corrected chi connectivity index (χ1v) is 10.1. The fraction of sp³-hybridized carbons (Fsp3) is 0.444. The number of hydroxylamine groups is 1. The third-order valence-electron chi connectivity index (χ3n) is 4.65. The van der Waals surface area contributed by atoms with Gasteiger partial charge in [-0.05, 0) is 44.5 Å². The Labute approximate surface area is 158 Å². The number of cyclic esters (lactones) is 1. The van der Waals surface area contributed by atoms with Gasteiger partial charge in [0.15, 0.2) is 14.6 Å². The van der Waals surface area contributed by atoms with Gasteiger partial charge in [0, 0.05) is 18.2 Å². The van der Waals surface area contributed by atoms with E-state index in [1.807, 2.05) is 13.0 Å². The molecule has 8 nitrogen and oxygen atoms in total. The number of carbonyl (C=O) groups is 2. The molecule has 1 heterocycles. The zero-order chi connectivity index (χ0) is 20.4. The second-order valence-electron chi connectivity index (χ2n) is 6.64. The number of carbonyl (C=O) groups excluding carboxylic acids is 2. The van der Waals surface area contributed by atoms with Crippen LogP contribution in [0.2, 0.25) is 0 Å². The molecule has 2 atom stereocenters. The van der Waals surface area contributed by atoms with Crippen molar-refractivity contribution in [3.05, 3.63) is 29.3 Å². The molecule has 9 heteroatoms. The summed E-state index contributed by atoms with van der Waals surface area (Å²) in [7, 11) is -3.88. The highest BCUT2D eigenvalue weighted by atomic mass is 32.2. The number of benzene rings is 1. The number of nitrogens with zero attached hydrogens (tertiary/aromatic N) is 1. The average Bonchev–Trinajstić information content (AvgIpc) is 2.93. The zero-order valence-corrected chi connectivity index (χ0v) is 16.4. The molecule has 0 aromatic heterocycles. The van der Waals surface area contributed by atoms with Gasteiger partial charge in [0.05, 0.1) is 12.2 Å². The van der Waals surface area contributed by atoms with Crippen molar-refractivity contribution in [2.75, 3.05) is 17.7 Å². The van der Waals surface area contributed by atoms with Crippen LogP contribution in [-0.4, -0.2) is 49.3 Å². The number of anilines is 1. The van der Waals surface area contributed by atoms with Crippen molar-refractivity contribution < 1.29 is 28.0 Å². The third-order valence-corrected chi connectivity index (χ3v) is 6.64. The van der Waals surface area contributed by atoms with E-state index in [0.717, 1.165) is 17.4 Å². The fourth-order valence-electron chi connectivity index (χ4n) is 2.97. The van der Waals surface area contributed by atoms with Crippen LogP contribution in [-0.2, 0) is 19.4 Å². The Morgan fingerprint density at radius 3 is 2.67 bits per heavy atom. The number of nitrogens with one attached hydrogen (secondary N) is 1. The molecular formula is C18H22N2O6S. The van der Waals surface area contributed by atoms with E-state index in [1.54, 1.807) is 19.1 Å². The van der Waals surface area contributed by atoms with Crippen molar-refractivity contribution in [2.24, 2.45) is 0 Å². The molecule has 1 aliphatic rings. The highest BCUT2D eigenvalue weighted by Gasteiger charge is 2.48. The van der Waals surface area contributed by atoms with E-state index in [9.17, 15) is 18.0 Å². The fourth-order valence-corrected chi connectivity index (χ4v) is 3.84. The number of sulfone groups is 1. The summed E-state index contributed by atoms with van der Waals surface area (Å²) in [5.74, 6) is 4.66. The number of aryl methyl sites for hydroxylation is 1. The standard InChI is InChI=1S/C18H22N2O6S/c1-5-6-13-7-8-15(12(2)9-13)20-11-14(26-17(20)22)10-18(3,16(21)19-23)27(4,24)25/h7-9,14,23H,10-11H2,1-4H3,(H,19,21)/t14-,18+/m0/s1. The maximum absolute atomic E-state index is 12.3.